The molecule has 0 aromatic heterocycles. The molecule has 80 valence electrons. The van der Waals surface area contributed by atoms with Crippen LogP contribution in [0.4, 0.5) is 0 Å². The summed E-state index contributed by atoms with van der Waals surface area (Å²) in [6.07, 6.45) is -1.25. The van der Waals surface area contributed by atoms with Gasteiger partial charge < -0.3 is 14.2 Å². The van der Waals surface area contributed by atoms with E-state index >= 15 is 0 Å². The van der Waals surface area contributed by atoms with E-state index in [-0.39, 0.29) is 0 Å². The molecular formula is C4H12O7P2. The summed E-state index contributed by atoms with van der Waals surface area (Å²) in [6, 6.07) is 0. The van der Waals surface area contributed by atoms with E-state index < -0.39 is 29.4 Å². The van der Waals surface area contributed by atoms with E-state index in [1.807, 2.05) is 0 Å². The zero-order valence-corrected chi connectivity index (χ0v) is 9.18. The maximum Gasteiger partial charge on any atom is 0.321 e. The van der Waals surface area contributed by atoms with Crippen LogP contribution in [0.3, 0.4) is 0 Å². The van der Waals surface area contributed by atoms with Crippen LogP contribution >= 0.6 is 16.5 Å². The van der Waals surface area contributed by atoms with Crippen molar-refractivity contribution in [3.05, 3.63) is 0 Å². The van der Waals surface area contributed by atoms with Crippen LogP contribution in [0.25, 0.3) is 0 Å². The van der Waals surface area contributed by atoms with Gasteiger partial charge in [0.05, 0.1) is 6.61 Å². The van der Waals surface area contributed by atoms with Crippen LogP contribution in [0.15, 0.2) is 0 Å². The van der Waals surface area contributed by atoms with E-state index in [9.17, 15) is 9.13 Å². The summed E-state index contributed by atoms with van der Waals surface area (Å²) in [5.41, 5.74) is 0. The highest BCUT2D eigenvalue weighted by atomic mass is 31.1. The fourth-order valence-corrected chi connectivity index (χ4v) is 1.37. The highest BCUT2D eigenvalue weighted by Gasteiger charge is 2.14. The molecule has 0 rings (SSSR count). The lowest BCUT2D eigenvalue weighted by Crippen LogP contribution is -2.15. The molecular weight excluding hydrogens is 222 g/mol. The minimum Gasteiger partial charge on any atom is -0.391 e. The first-order valence-corrected chi connectivity index (χ1v) is 5.69. The van der Waals surface area contributed by atoms with Crippen molar-refractivity contribution in [2.45, 2.75) is 6.29 Å². The van der Waals surface area contributed by atoms with Crippen molar-refractivity contribution in [2.75, 3.05) is 20.8 Å². The topological polar surface area (TPSA) is 91.3 Å². The van der Waals surface area contributed by atoms with E-state index in [0.717, 1.165) is 0 Å². The fraction of sp³-hybridized carbons (Fsp3) is 1.00. The van der Waals surface area contributed by atoms with Gasteiger partial charge in [-0.05, 0) is 0 Å². The average molecular weight is 234 g/mol. The Hall–Kier alpha value is 0.260. The van der Waals surface area contributed by atoms with Gasteiger partial charge in [-0.25, -0.2) is 0 Å². The third kappa shape index (κ3) is 6.35. The molecule has 0 amide bonds. The third-order valence-electron chi connectivity index (χ3n) is 0.938. The summed E-state index contributed by atoms with van der Waals surface area (Å²) in [7, 11) is -3.06. The Labute approximate surface area is 76.8 Å². The van der Waals surface area contributed by atoms with Crippen LogP contribution < -0.4 is 0 Å². The number of aliphatic hydroxyl groups excluding tert-OH is 1. The molecule has 0 aromatic carbocycles. The van der Waals surface area contributed by atoms with E-state index in [0.29, 0.717) is 0 Å². The quantitative estimate of drug-likeness (QED) is 0.503. The molecule has 0 aliphatic heterocycles. The standard InChI is InChI=1S/C4H12O7P2/c1-8-12(6)10-4(3-5)11-13(7)9-2/h4-5,12-13H,3H2,1-2H3. The zero-order valence-electron chi connectivity index (χ0n) is 7.18. The van der Waals surface area contributed by atoms with E-state index in [4.69, 9.17) is 5.11 Å². The van der Waals surface area contributed by atoms with Crippen LogP contribution in [0.2, 0.25) is 0 Å². The molecule has 0 heterocycles. The smallest absolute Gasteiger partial charge is 0.321 e. The Morgan fingerprint density at radius 1 is 1.15 bits per heavy atom. The number of hydrogen-bond donors (Lipinski definition) is 1. The Kier molecular flexibility index (Phi) is 7.80. The summed E-state index contributed by atoms with van der Waals surface area (Å²) in [6.45, 7) is -0.584. The van der Waals surface area contributed by atoms with Gasteiger partial charge in [-0.15, -0.1) is 0 Å². The Morgan fingerprint density at radius 3 is 1.77 bits per heavy atom. The van der Waals surface area contributed by atoms with Gasteiger partial charge in [0.1, 0.15) is 0 Å². The van der Waals surface area contributed by atoms with Crippen molar-refractivity contribution in [3.63, 3.8) is 0 Å². The first kappa shape index (κ1) is 13.3. The number of rotatable bonds is 7. The fourth-order valence-electron chi connectivity index (χ4n) is 0.409. The van der Waals surface area contributed by atoms with Gasteiger partial charge in [-0.3, -0.25) is 18.2 Å². The predicted molar refractivity (Wildman–Crippen MR) is 45.1 cm³/mol. The van der Waals surface area contributed by atoms with Crippen LogP contribution in [-0.4, -0.2) is 32.2 Å². The highest BCUT2D eigenvalue weighted by molar-refractivity contribution is 7.34. The van der Waals surface area contributed by atoms with Gasteiger partial charge in [0.15, 0.2) is 6.29 Å². The summed E-state index contributed by atoms with van der Waals surface area (Å²) in [5, 5.41) is 8.61. The van der Waals surface area contributed by atoms with E-state index in [1.165, 1.54) is 14.2 Å². The Bertz CT molecular complexity index is 165. The Morgan fingerprint density at radius 2 is 1.54 bits per heavy atom. The molecule has 0 bridgehead atoms. The highest BCUT2D eigenvalue weighted by Crippen LogP contribution is 2.31. The third-order valence-corrected chi connectivity index (χ3v) is 2.52. The largest absolute Gasteiger partial charge is 0.391 e. The van der Waals surface area contributed by atoms with Crippen molar-refractivity contribution in [2.24, 2.45) is 0 Å². The second-order valence-electron chi connectivity index (χ2n) is 1.76. The molecule has 1 N–H and O–H groups in total. The summed E-state index contributed by atoms with van der Waals surface area (Å²) in [5.74, 6) is 0. The van der Waals surface area contributed by atoms with Crippen LogP contribution in [0.5, 0.6) is 0 Å². The van der Waals surface area contributed by atoms with Gasteiger partial charge in [0, 0.05) is 14.2 Å². The van der Waals surface area contributed by atoms with Crippen LogP contribution in [-0.2, 0) is 27.2 Å². The molecule has 2 unspecified atom stereocenters. The van der Waals surface area contributed by atoms with Crippen molar-refractivity contribution in [3.8, 4) is 0 Å². The molecule has 0 fully saturated rings. The minimum atomic E-state index is -2.71. The predicted octanol–water partition coefficient (Wildman–Crippen LogP) is 0.410. The SMILES string of the molecule is CO[PH](=O)OC(CO)O[PH](=O)OC. The van der Waals surface area contributed by atoms with Gasteiger partial charge in [-0.2, -0.15) is 0 Å². The molecule has 2 atom stereocenters. The van der Waals surface area contributed by atoms with Crippen molar-refractivity contribution < 1.29 is 32.3 Å². The second-order valence-corrected chi connectivity index (χ2v) is 4.04. The Balaban J connectivity index is 3.89. The second kappa shape index (κ2) is 7.64. The maximum absolute atomic E-state index is 10.7. The molecule has 0 aliphatic carbocycles. The number of aliphatic hydroxyl groups is 1. The zero-order chi connectivity index (χ0) is 10.3. The van der Waals surface area contributed by atoms with E-state index in [2.05, 4.69) is 18.1 Å². The molecule has 9 heteroatoms. The first-order valence-electron chi connectivity index (χ1n) is 3.24. The molecule has 0 radical (unpaired) electrons. The van der Waals surface area contributed by atoms with Gasteiger partial charge in [-0.1, -0.05) is 0 Å². The average Bonchev–Trinajstić information content (AvgIpc) is 2.16. The maximum atomic E-state index is 10.7. The minimum absolute atomic E-state index is 0.584. The molecule has 13 heavy (non-hydrogen) atoms. The lowest BCUT2D eigenvalue weighted by atomic mass is 10.7. The van der Waals surface area contributed by atoms with Gasteiger partial charge in [0.25, 0.3) is 0 Å². The lowest BCUT2D eigenvalue weighted by molar-refractivity contribution is -0.0401. The summed E-state index contributed by atoms with van der Waals surface area (Å²) in [4.78, 5) is 0. The van der Waals surface area contributed by atoms with Crippen LogP contribution in [0, 0.1) is 0 Å². The van der Waals surface area contributed by atoms with Crippen molar-refractivity contribution in [1.82, 2.24) is 0 Å². The molecule has 0 saturated heterocycles. The van der Waals surface area contributed by atoms with Crippen molar-refractivity contribution >= 4 is 16.5 Å². The van der Waals surface area contributed by atoms with Gasteiger partial charge >= 0.3 is 16.5 Å². The lowest BCUT2D eigenvalue weighted by Gasteiger charge is -2.13. The summed E-state index contributed by atoms with van der Waals surface area (Å²) < 4.78 is 39.0. The monoisotopic (exact) mass is 234 g/mol. The molecule has 0 aliphatic rings. The molecule has 0 aromatic rings. The molecule has 7 nitrogen and oxygen atoms in total. The van der Waals surface area contributed by atoms with Crippen LogP contribution in [0.1, 0.15) is 0 Å². The van der Waals surface area contributed by atoms with Gasteiger partial charge in [0.2, 0.25) is 0 Å². The van der Waals surface area contributed by atoms with Crippen molar-refractivity contribution in [1.29, 1.82) is 0 Å². The summed E-state index contributed by atoms with van der Waals surface area (Å²) >= 11 is 0. The number of hydrogen-bond acceptors (Lipinski definition) is 7. The molecule has 0 spiro atoms. The normalized spacial score (nSPS) is 18.1. The van der Waals surface area contributed by atoms with E-state index in [1.54, 1.807) is 0 Å². The first-order chi connectivity index (χ1) is 6.13. The molecule has 0 saturated carbocycles.